The van der Waals surface area contributed by atoms with Crippen molar-refractivity contribution in [1.29, 1.82) is 10.5 Å². The molecule has 0 fully saturated rings. The highest BCUT2D eigenvalue weighted by atomic mass is 19.4. The summed E-state index contributed by atoms with van der Waals surface area (Å²) in [6.07, 6.45) is -9.81. The molecule has 11 aromatic carbocycles. The van der Waals surface area contributed by atoms with Crippen LogP contribution in [-0.2, 0) is 12.4 Å². The van der Waals surface area contributed by atoms with Crippen LogP contribution >= 0.6 is 0 Å². The molecule has 0 N–H and O–H groups in total. The second-order valence-corrected chi connectivity index (χ2v) is 16.3. The first-order valence-corrected chi connectivity index (χ1v) is 19.6. The van der Waals surface area contributed by atoms with Crippen LogP contribution in [0.4, 0.5) is 26.3 Å². The fourth-order valence-corrected chi connectivity index (χ4v) is 10.2. The number of nitrogens with zero attached hydrogens (tertiary/aromatic N) is 2. The van der Waals surface area contributed by atoms with Gasteiger partial charge in [-0.15, -0.1) is 0 Å². The molecule has 0 atom stereocenters. The van der Waals surface area contributed by atoms with E-state index in [1.807, 2.05) is 93.6 Å². The van der Waals surface area contributed by atoms with Gasteiger partial charge in [0.05, 0.1) is 34.4 Å². The summed E-state index contributed by atoms with van der Waals surface area (Å²) in [5.74, 6) is 0. The molecule has 0 spiro atoms. The van der Waals surface area contributed by atoms with Crippen molar-refractivity contribution >= 4 is 86.2 Å². The monoisotopic (exact) mass is 806 g/mol. The number of fused-ring (bicyclic) bond motifs is 9. The summed E-state index contributed by atoms with van der Waals surface area (Å²) in [7, 11) is 0. The minimum atomic E-state index is -4.91. The van der Waals surface area contributed by atoms with Crippen molar-refractivity contribution in [1.82, 2.24) is 0 Å². The highest BCUT2D eigenvalue weighted by Crippen LogP contribution is 2.56. The minimum Gasteiger partial charge on any atom is -0.192 e. The second-order valence-electron chi connectivity index (χ2n) is 16.3. The summed E-state index contributed by atoms with van der Waals surface area (Å²) >= 11 is 0. The highest BCUT2D eigenvalue weighted by Gasteiger charge is 2.38. The first-order valence-electron chi connectivity index (χ1n) is 19.6. The van der Waals surface area contributed by atoms with E-state index >= 15 is 26.3 Å². The first kappa shape index (κ1) is 36.6. The molecular formula is C53H28F6N2. The van der Waals surface area contributed by atoms with Gasteiger partial charge in [-0.05, 0) is 188 Å². The molecule has 0 aliphatic carbocycles. The van der Waals surface area contributed by atoms with E-state index in [0.717, 1.165) is 82.7 Å². The van der Waals surface area contributed by atoms with Gasteiger partial charge in [0.15, 0.2) is 0 Å². The molecule has 11 rings (SSSR count). The Morgan fingerprint density at radius 1 is 0.377 bits per heavy atom. The van der Waals surface area contributed by atoms with Gasteiger partial charge >= 0.3 is 12.4 Å². The first-order chi connectivity index (χ1) is 29.1. The lowest BCUT2D eigenvalue weighted by atomic mass is 9.82. The lowest BCUT2D eigenvalue weighted by Crippen LogP contribution is -2.09. The van der Waals surface area contributed by atoms with Gasteiger partial charge in [0.25, 0.3) is 0 Å². The fraction of sp³-hybridized carbons (Fsp3) is 0.0943. The molecule has 292 valence electrons. The summed E-state index contributed by atoms with van der Waals surface area (Å²) in [5, 5.41) is 30.9. The molecule has 0 bridgehead atoms. The Balaban J connectivity index is 1.50. The van der Waals surface area contributed by atoms with Crippen LogP contribution in [0.5, 0.6) is 0 Å². The number of alkyl halides is 6. The second kappa shape index (κ2) is 12.3. The summed E-state index contributed by atoms with van der Waals surface area (Å²) in [6, 6.07) is 36.5. The number of aryl methyl sites for hydroxylation is 3. The maximum absolute atomic E-state index is 15.5. The van der Waals surface area contributed by atoms with E-state index in [1.165, 1.54) is 24.3 Å². The maximum Gasteiger partial charge on any atom is 0.417 e. The van der Waals surface area contributed by atoms with E-state index in [-0.39, 0.29) is 33.4 Å². The van der Waals surface area contributed by atoms with E-state index in [1.54, 1.807) is 0 Å². The van der Waals surface area contributed by atoms with Crippen molar-refractivity contribution in [3.8, 4) is 34.4 Å². The molecule has 0 amide bonds. The lowest BCUT2D eigenvalue weighted by Gasteiger charge is -2.22. The zero-order chi connectivity index (χ0) is 42.4. The van der Waals surface area contributed by atoms with Crippen LogP contribution in [0.3, 0.4) is 0 Å². The molecular weight excluding hydrogens is 779 g/mol. The van der Waals surface area contributed by atoms with Gasteiger partial charge in [0, 0.05) is 0 Å². The quantitative estimate of drug-likeness (QED) is 0.129. The summed E-state index contributed by atoms with van der Waals surface area (Å²) in [6.45, 7) is 5.77. The normalized spacial score (nSPS) is 12.6. The standard InChI is InChI=1S/C53H28F6N2/c1-25-12-31-13-26(2)17-43-46(31)42(16-25)50-48(33-10-8-28(23-60)18-44(33)52(54,55)56)40-21-35-36(39-20-30-6-4-5-7-32(30)37-14-27(3)15-38(35)47(37)39)22-41(40)49(51(43)50)34-11-9-29(24-61)19-45(34)53(57,58)59/h4-22H,1-3H3. The van der Waals surface area contributed by atoms with E-state index in [0.29, 0.717) is 32.3 Å². The Bertz CT molecular complexity index is 3840. The molecule has 0 heterocycles. The summed E-state index contributed by atoms with van der Waals surface area (Å²) < 4.78 is 92.9. The molecule has 2 nitrogen and oxygen atoms in total. The molecule has 0 radical (unpaired) electrons. The third-order valence-electron chi connectivity index (χ3n) is 12.5. The van der Waals surface area contributed by atoms with Crippen molar-refractivity contribution in [2.24, 2.45) is 0 Å². The number of benzene rings is 9. The Labute approximate surface area is 343 Å². The molecule has 0 aliphatic rings. The van der Waals surface area contributed by atoms with Gasteiger partial charge in [0.1, 0.15) is 0 Å². The van der Waals surface area contributed by atoms with Crippen LogP contribution < -0.4 is 0 Å². The van der Waals surface area contributed by atoms with Crippen LogP contribution in [-0.4, -0.2) is 0 Å². The maximum atomic E-state index is 15.5. The zero-order valence-electron chi connectivity index (χ0n) is 32.6. The number of rotatable bonds is 2. The minimum absolute atomic E-state index is 0.177. The van der Waals surface area contributed by atoms with Crippen LogP contribution in [0.1, 0.15) is 38.9 Å². The number of hydrogen-bond acceptors (Lipinski definition) is 2. The predicted molar refractivity (Wildman–Crippen MR) is 233 cm³/mol. The Morgan fingerprint density at radius 3 is 1.31 bits per heavy atom. The van der Waals surface area contributed by atoms with Gasteiger partial charge in [0.2, 0.25) is 0 Å². The van der Waals surface area contributed by atoms with Crippen molar-refractivity contribution in [2.45, 2.75) is 33.1 Å². The largest absolute Gasteiger partial charge is 0.417 e. The zero-order valence-corrected chi connectivity index (χ0v) is 32.6. The molecule has 0 aromatic heterocycles. The van der Waals surface area contributed by atoms with Crippen molar-refractivity contribution < 1.29 is 26.3 Å². The Morgan fingerprint density at radius 2 is 0.820 bits per heavy atom. The van der Waals surface area contributed by atoms with Crippen LogP contribution in [0, 0.1) is 43.4 Å². The highest BCUT2D eigenvalue weighted by molar-refractivity contribution is 6.43. The van der Waals surface area contributed by atoms with E-state index in [9.17, 15) is 10.5 Å². The lowest BCUT2D eigenvalue weighted by molar-refractivity contribution is -0.137. The van der Waals surface area contributed by atoms with Crippen LogP contribution in [0.15, 0.2) is 115 Å². The predicted octanol–water partition coefficient (Wildman–Crippen LogP) is 15.8. The third kappa shape index (κ3) is 5.15. The molecule has 8 heteroatoms. The smallest absolute Gasteiger partial charge is 0.192 e. The van der Waals surface area contributed by atoms with E-state index in [2.05, 4.69) is 18.2 Å². The van der Waals surface area contributed by atoms with Crippen LogP contribution in [0.2, 0.25) is 0 Å². The van der Waals surface area contributed by atoms with Crippen LogP contribution in [0.25, 0.3) is 108 Å². The molecule has 0 saturated carbocycles. The Kier molecular flexibility index (Phi) is 7.40. The van der Waals surface area contributed by atoms with Gasteiger partial charge in [-0.1, -0.05) is 72.8 Å². The fourth-order valence-electron chi connectivity index (χ4n) is 10.2. The third-order valence-corrected chi connectivity index (χ3v) is 12.5. The molecule has 0 unspecified atom stereocenters. The summed E-state index contributed by atoms with van der Waals surface area (Å²) in [5.41, 5.74) is 0.246. The molecule has 11 aromatic rings. The van der Waals surface area contributed by atoms with Gasteiger partial charge in [-0.3, -0.25) is 0 Å². The van der Waals surface area contributed by atoms with Gasteiger partial charge in [-0.25, -0.2) is 0 Å². The number of halogens is 6. The average Bonchev–Trinajstić information content (AvgIpc) is 3.69. The topological polar surface area (TPSA) is 47.6 Å². The van der Waals surface area contributed by atoms with Crippen molar-refractivity contribution in [3.05, 3.63) is 154 Å². The Hall–Kier alpha value is -7.42. The summed E-state index contributed by atoms with van der Waals surface area (Å²) in [4.78, 5) is 0. The average molecular weight is 807 g/mol. The van der Waals surface area contributed by atoms with Gasteiger partial charge in [-0.2, -0.15) is 36.9 Å². The van der Waals surface area contributed by atoms with Crippen molar-refractivity contribution in [3.63, 3.8) is 0 Å². The SMILES string of the molecule is Cc1cc2cc(C)cc3c4c(-c5ccc(C#N)cc5C(F)(F)F)c5cc6c(cc5c(-c5ccc(C#N)cc5C(F)(F)F)c4c(c1)c23)c1cc(C)cc2c3ccccc3cc6c21. The molecule has 0 aliphatic heterocycles. The molecule has 0 saturated heterocycles. The van der Waals surface area contributed by atoms with E-state index in [4.69, 9.17) is 0 Å². The van der Waals surface area contributed by atoms with E-state index < -0.39 is 23.5 Å². The van der Waals surface area contributed by atoms with Crippen molar-refractivity contribution in [2.75, 3.05) is 0 Å². The number of nitriles is 2. The number of hydrogen-bond donors (Lipinski definition) is 0. The van der Waals surface area contributed by atoms with Gasteiger partial charge < -0.3 is 0 Å². The molecule has 61 heavy (non-hydrogen) atoms.